The molecule has 1 atom stereocenters. The fraction of sp³-hybridized carbons (Fsp3) is 0.250. The lowest BCUT2D eigenvalue weighted by Crippen LogP contribution is -2.19. The second-order valence-electron chi connectivity index (χ2n) is 6.73. The third-order valence-corrected chi connectivity index (χ3v) is 5.82. The third kappa shape index (κ3) is 3.02. The van der Waals surface area contributed by atoms with E-state index in [9.17, 15) is 0 Å². The first-order valence-corrected chi connectivity index (χ1v) is 9.74. The van der Waals surface area contributed by atoms with Crippen LogP contribution in [0.2, 0.25) is 0 Å². The smallest absolute Gasteiger partial charge is 0.156 e. The summed E-state index contributed by atoms with van der Waals surface area (Å²) in [6.45, 7) is 3.18. The van der Waals surface area contributed by atoms with Crippen LogP contribution in [0.5, 0.6) is 0 Å². The summed E-state index contributed by atoms with van der Waals surface area (Å²) >= 11 is 1.83. The summed E-state index contributed by atoms with van der Waals surface area (Å²) in [7, 11) is 0. The molecule has 6 heteroatoms. The van der Waals surface area contributed by atoms with Gasteiger partial charge in [-0.2, -0.15) is 5.10 Å². The van der Waals surface area contributed by atoms with Crippen molar-refractivity contribution in [2.75, 3.05) is 13.1 Å². The number of rotatable bonds is 4. The van der Waals surface area contributed by atoms with Crippen LogP contribution in [0.3, 0.4) is 0 Å². The van der Waals surface area contributed by atoms with E-state index in [1.54, 1.807) is 0 Å². The molecule has 1 aliphatic heterocycles. The van der Waals surface area contributed by atoms with Crippen molar-refractivity contribution in [2.24, 2.45) is 0 Å². The molecular formula is C20H19N5S. The topological polar surface area (TPSA) is 46.3 Å². The van der Waals surface area contributed by atoms with Crippen LogP contribution in [0.15, 0.2) is 60.4 Å². The molecular weight excluding hydrogens is 342 g/mol. The molecule has 0 spiro atoms. The van der Waals surface area contributed by atoms with E-state index < -0.39 is 0 Å². The summed E-state index contributed by atoms with van der Waals surface area (Å²) in [6, 6.07) is 12.5. The highest BCUT2D eigenvalue weighted by Gasteiger charge is 2.27. The number of hydrogen-bond donors (Lipinski definition) is 0. The summed E-state index contributed by atoms with van der Waals surface area (Å²) in [4.78, 5) is 12.8. The number of fused-ring (bicyclic) bond motifs is 1. The van der Waals surface area contributed by atoms with Gasteiger partial charge in [0.1, 0.15) is 0 Å². The number of hydrogen-bond acceptors (Lipinski definition) is 5. The molecule has 4 aromatic rings. The van der Waals surface area contributed by atoms with E-state index in [0.29, 0.717) is 5.92 Å². The summed E-state index contributed by atoms with van der Waals surface area (Å²) in [5.74, 6) is 1.38. The van der Waals surface area contributed by atoms with Crippen molar-refractivity contribution in [3.05, 3.63) is 71.1 Å². The summed E-state index contributed by atoms with van der Waals surface area (Å²) in [5, 5.41) is 6.92. The lowest BCUT2D eigenvalue weighted by Gasteiger charge is -2.13. The molecule has 5 heterocycles. The molecule has 5 rings (SSSR count). The van der Waals surface area contributed by atoms with Crippen LogP contribution in [0.25, 0.3) is 16.8 Å². The van der Waals surface area contributed by atoms with Crippen molar-refractivity contribution >= 4 is 17.0 Å². The van der Waals surface area contributed by atoms with Crippen LogP contribution >= 0.6 is 11.3 Å². The van der Waals surface area contributed by atoms with E-state index in [4.69, 9.17) is 10.1 Å². The average Bonchev–Trinajstić information content (AvgIpc) is 3.42. The van der Waals surface area contributed by atoms with Crippen LogP contribution in [0, 0.1) is 0 Å². The van der Waals surface area contributed by atoms with Gasteiger partial charge in [-0.05, 0) is 54.2 Å². The Kier molecular flexibility index (Phi) is 3.99. The van der Waals surface area contributed by atoms with Crippen molar-refractivity contribution in [1.82, 2.24) is 24.5 Å². The zero-order chi connectivity index (χ0) is 17.3. The summed E-state index contributed by atoms with van der Waals surface area (Å²) in [5.41, 5.74) is 3.18. The molecule has 1 unspecified atom stereocenters. The van der Waals surface area contributed by atoms with Gasteiger partial charge in [-0.3, -0.25) is 9.88 Å². The van der Waals surface area contributed by atoms with Crippen molar-refractivity contribution < 1.29 is 0 Å². The van der Waals surface area contributed by atoms with Crippen LogP contribution in [0.1, 0.15) is 23.0 Å². The van der Waals surface area contributed by atoms with E-state index in [1.165, 1.54) is 4.88 Å². The predicted octanol–water partition coefficient (Wildman–Crippen LogP) is 3.84. The highest BCUT2D eigenvalue weighted by atomic mass is 32.1. The Morgan fingerprint density at radius 3 is 2.85 bits per heavy atom. The van der Waals surface area contributed by atoms with Crippen molar-refractivity contribution in [3.63, 3.8) is 0 Å². The first kappa shape index (κ1) is 15.7. The second kappa shape index (κ2) is 6.63. The molecule has 0 aromatic carbocycles. The van der Waals surface area contributed by atoms with Gasteiger partial charge in [0.2, 0.25) is 0 Å². The molecule has 130 valence electrons. The molecule has 0 N–H and O–H groups in total. The van der Waals surface area contributed by atoms with Crippen LogP contribution in [-0.2, 0) is 6.54 Å². The molecule has 0 aliphatic carbocycles. The van der Waals surface area contributed by atoms with Gasteiger partial charge in [-0.1, -0.05) is 6.07 Å². The average molecular weight is 361 g/mol. The Hall–Kier alpha value is -2.57. The zero-order valence-electron chi connectivity index (χ0n) is 14.3. The largest absolute Gasteiger partial charge is 0.298 e. The standard InChI is InChI=1S/C20H19N5S/c1-2-18(26-11-1)14-24-10-7-17(12-24)20-22-19-4-3-16(13-25(19)23-20)15-5-8-21-9-6-15/h1-6,8-9,11,13,17H,7,10,12,14H2. The van der Waals surface area contributed by atoms with Gasteiger partial charge in [0.25, 0.3) is 0 Å². The zero-order valence-corrected chi connectivity index (χ0v) is 15.1. The molecule has 0 saturated carbocycles. The van der Waals surface area contributed by atoms with Gasteiger partial charge < -0.3 is 0 Å². The van der Waals surface area contributed by atoms with E-state index in [2.05, 4.69) is 39.7 Å². The van der Waals surface area contributed by atoms with Gasteiger partial charge in [0.15, 0.2) is 11.5 Å². The minimum absolute atomic E-state index is 0.416. The number of aromatic nitrogens is 4. The first-order valence-electron chi connectivity index (χ1n) is 8.86. The Bertz CT molecular complexity index is 1010. The molecule has 1 fully saturated rings. The Morgan fingerprint density at radius 1 is 1.08 bits per heavy atom. The van der Waals surface area contributed by atoms with Crippen LogP contribution in [-0.4, -0.2) is 37.6 Å². The predicted molar refractivity (Wildman–Crippen MR) is 103 cm³/mol. The quantitative estimate of drug-likeness (QED) is 0.554. The fourth-order valence-corrected chi connectivity index (χ4v) is 4.34. The minimum Gasteiger partial charge on any atom is -0.298 e. The van der Waals surface area contributed by atoms with Crippen molar-refractivity contribution in [1.29, 1.82) is 0 Å². The number of likely N-dealkylation sites (tertiary alicyclic amines) is 1. The SMILES string of the molecule is c1csc(CN2CCC(c3nc4ccc(-c5ccncc5)cn4n3)C2)c1. The van der Waals surface area contributed by atoms with Crippen LogP contribution < -0.4 is 0 Å². The van der Waals surface area contributed by atoms with E-state index in [-0.39, 0.29) is 0 Å². The molecule has 1 aliphatic rings. The molecule has 5 nitrogen and oxygen atoms in total. The van der Waals surface area contributed by atoms with Gasteiger partial charge in [0, 0.05) is 48.0 Å². The molecule has 4 aromatic heterocycles. The number of pyridine rings is 2. The van der Waals surface area contributed by atoms with Crippen molar-refractivity contribution in [2.45, 2.75) is 18.9 Å². The lowest BCUT2D eigenvalue weighted by atomic mass is 10.1. The molecule has 0 radical (unpaired) electrons. The number of thiophene rings is 1. The fourth-order valence-electron chi connectivity index (χ4n) is 3.60. The summed E-state index contributed by atoms with van der Waals surface area (Å²) < 4.78 is 1.91. The van der Waals surface area contributed by atoms with Gasteiger partial charge in [-0.25, -0.2) is 9.50 Å². The Morgan fingerprint density at radius 2 is 2.00 bits per heavy atom. The van der Waals surface area contributed by atoms with Gasteiger partial charge >= 0.3 is 0 Å². The molecule has 0 amide bonds. The minimum atomic E-state index is 0.416. The van der Waals surface area contributed by atoms with Crippen molar-refractivity contribution in [3.8, 4) is 11.1 Å². The summed E-state index contributed by atoms with van der Waals surface area (Å²) in [6.07, 6.45) is 6.80. The van der Waals surface area contributed by atoms with Crippen LogP contribution in [0.4, 0.5) is 0 Å². The molecule has 1 saturated heterocycles. The van der Waals surface area contributed by atoms with Gasteiger partial charge in [0.05, 0.1) is 0 Å². The van der Waals surface area contributed by atoms with E-state index in [0.717, 1.165) is 48.7 Å². The highest BCUT2D eigenvalue weighted by molar-refractivity contribution is 7.09. The lowest BCUT2D eigenvalue weighted by molar-refractivity contribution is 0.328. The maximum absolute atomic E-state index is 4.78. The Balaban J connectivity index is 1.36. The maximum atomic E-state index is 4.78. The number of nitrogens with zero attached hydrogens (tertiary/aromatic N) is 5. The Labute approximate surface area is 156 Å². The monoisotopic (exact) mass is 361 g/mol. The van der Waals surface area contributed by atoms with E-state index in [1.807, 2.05) is 46.4 Å². The molecule has 26 heavy (non-hydrogen) atoms. The van der Waals surface area contributed by atoms with E-state index >= 15 is 0 Å². The third-order valence-electron chi connectivity index (χ3n) is 4.96. The molecule has 0 bridgehead atoms. The highest BCUT2D eigenvalue weighted by Crippen LogP contribution is 2.28. The second-order valence-corrected chi connectivity index (χ2v) is 7.76. The maximum Gasteiger partial charge on any atom is 0.156 e. The first-order chi connectivity index (χ1) is 12.8. The normalized spacial score (nSPS) is 17.9. The van der Waals surface area contributed by atoms with Gasteiger partial charge in [-0.15, -0.1) is 11.3 Å².